The van der Waals surface area contributed by atoms with Gasteiger partial charge in [-0.25, -0.2) is 4.85 Å². The van der Waals surface area contributed by atoms with Gasteiger partial charge in [-0.2, -0.15) is 0 Å². The van der Waals surface area contributed by atoms with Gasteiger partial charge in [-0.1, -0.05) is 59.6 Å². The van der Waals surface area contributed by atoms with E-state index >= 15 is 0 Å². The number of halogens is 2. The van der Waals surface area contributed by atoms with E-state index in [9.17, 15) is 4.79 Å². The van der Waals surface area contributed by atoms with Crippen LogP contribution in [-0.2, 0) is 4.79 Å². The first-order chi connectivity index (χ1) is 16.9. The standard InChI is InChI=1S/C27H25Cl2N3O3/c1-18(19-5-9-22(30-2)10-6-19)31-16-26(20-3-7-21(28)8-4-20)32(27(34)17-31)25-12-11-23(15-24(25)29)35-14-13-33/h3-12,15,18,26,33H,13-14,16-17H2,1H3/t18-,26+/m1/s1. The monoisotopic (exact) mass is 509 g/mol. The van der Waals surface area contributed by atoms with Crippen molar-refractivity contribution in [2.75, 3.05) is 31.2 Å². The zero-order chi connectivity index (χ0) is 24.9. The maximum Gasteiger partial charge on any atom is 0.241 e. The van der Waals surface area contributed by atoms with Crippen molar-refractivity contribution in [2.24, 2.45) is 0 Å². The number of nitrogens with zero attached hydrogens (tertiary/aromatic N) is 3. The average molecular weight is 510 g/mol. The number of carbonyl (C=O) groups excluding carboxylic acids is 1. The van der Waals surface area contributed by atoms with Crippen LogP contribution in [0.1, 0.15) is 30.1 Å². The van der Waals surface area contributed by atoms with Gasteiger partial charge in [-0.15, -0.1) is 0 Å². The van der Waals surface area contributed by atoms with Crippen molar-refractivity contribution < 1.29 is 14.6 Å². The quantitative estimate of drug-likeness (QED) is 0.393. The first kappa shape index (κ1) is 25.0. The molecule has 180 valence electrons. The Hall–Kier alpha value is -3.08. The van der Waals surface area contributed by atoms with E-state index in [1.807, 2.05) is 36.4 Å². The summed E-state index contributed by atoms with van der Waals surface area (Å²) in [5, 5.41) is 10.0. The van der Waals surface area contributed by atoms with Gasteiger partial charge in [0.05, 0.1) is 36.5 Å². The summed E-state index contributed by atoms with van der Waals surface area (Å²) in [7, 11) is 0. The average Bonchev–Trinajstić information content (AvgIpc) is 2.87. The second-order valence-electron chi connectivity index (χ2n) is 8.33. The smallest absolute Gasteiger partial charge is 0.241 e. The Labute approximate surface area is 215 Å². The van der Waals surface area contributed by atoms with Crippen LogP contribution in [0, 0.1) is 6.57 Å². The maximum atomic E-state index is 13.6. The van der Waals surface area contributed by atoms with Crippen molar-refractivity contribution >= 4 is 40.5 Å². The van der Waals surface area contributed by atoms with Crippen LogP contribution in [0.15, 0.2) is 66.7 Å². The number of carbonyl (C=O) groups is 1. The minimum absolute atomic E-state index is 0.0274. The number of anilines is 1. The third kappa shape index (κ3) is 5.61. The number of hydrogen-bond donors (Lipinski definition) is 1. The molecule has 1 aliphatic rings. The summed E-state index contributed by atoms with van der Waals surface area (Å²) in [5.41, 5.74) is 3.17. The first-order valence-corrected chi connectivity index (χ1v) is 12.0. The summed E-state index contributed by atoms with van der Waals surface area (Å²) in [6.07, 6.45) is 0. The summed E-state index contributed by atoms with van der Waals surface area (Å²) in [5.74, 6) is 0.449. The van der Waals surface area contributed by atoms with Gasteiger partial charge in [-0.3, -0.25) is 9.69 Å². The van der Waals surface area contributed by atoms with Crippen LogP contribution in [0.25, 0.3) is 4.85 Å². The number of rotatable bonds is 7. The molecule has 1 aliphatic heterocycles. The highest BCUT2D eigenvalue weighted by molar-refractivity contribution is 6.34. The molecule has 35 heavy (non-hydrogen) atoms. The number of aliphatic hydroxyl groups excluding tert-OH is 1. The number of benzene rings is 3. The molecule has 0 aromatic heterocycles. The molecular formula is C27H25Cl2N3O3. The second kappa shape index (κ2) is 11.1. The fourth-order valence-electron chi connectivity index (χ4n) is 4.30. The van der Waals surface area contributed by atoms with Crippen molar-refractivity contribution in [3.8, 4) is 5.75 Å². The molecule has 2 atom stereocenters. The number of piperazine rings is 1. The molecule has 0 radical (unpaired) electrons. The zero-order valence-corrected chi connectivity index (χ0v) is 20.7. The molecule has 1 N–H and O–H groups in total. The highest BCUT2D eigenvalue weighted by atomic mass is 35.5. The second-order valence-corrected chi connectivity index (χ2v) is 9.17. The molecule has 1 heterocycles. The van der Waals surface area contributed by atoms with Gasteiger partial charge in [0, 0.05) is 23.7 Å². The molecular weight excluding hydrogens is 485 g/mol. The largest absolute Gasteiger partial charge is 0.491 e. The van der Waals surface area contributed by atoms with E-state index < -0.39 is 0 Å². The van der Waals surface area contributed by atoms with Gasteiger partial charge in [0.25, 0.3) is 0 Å². The van der Waals surface area contributed by atoms with Crippen LogP contribution < -0.4 is 9.64 Å². The Bertz CT molecular complexity index is 1230. The SMILES string of the molecule is [C-]#[N+]c1ccc([C@@H](C)N2CC(=O)N(c3ccc(OCCO)cc3Cl)[C@H](c3ccc(Cl)cc3)C2)cc1. The maximum absolute atomic E-state index is 13.6. The number of amides is 1. The molecule has 3 aromatic carbocycles. The molecule has 1 fully saturated rings. The molecule has 0 bridgehead atoms. The number of ether oxygens (including phenoxy) is 1. The van der Waals surface area contributed by atoms with E-state index in [1.54, 1.807) is 35.2 Å². The topological polar surface area (TPSA) is 57.4 Å². The predicted molar refractivity (Wildman–Crippen MR) is 138 cm³/mol. The lowest BCUT2D eigenvalue weighted by Crippen LogP contribution is -2.53. The number of hydrogen-bond acceptors (Lipinski definition) is 4. The van der Waals surface area contributed by atoms with Crippen LogP contribution in [0.4, 0.5) is 11.4 Å². The van der Waals surface area contributed by atoms with Gasteiger partial charge in [0.15, 0.2) is 5.69 Å². The Balaban J connectivity index is 1.67. The summed E-state index contributed by atoms with van der Waals surface area (Å²) < 4.78 is 5.46. The van der Waals surface area contributed by atoms with E-state index in [2.05, 4.69) is 16.7 Å². The third-order valence-corrected chi connectivity index (χ3v) is 6.73. The van der Waals surface area contributed by atoms with E-state index in [4.69, 9.17) is 39.6 Å². The predicted octanol–water partition coefficient (Wildman–Crippen LogP) is 6.07. The molecule has 1 amide bonds. The molecule has 1 saturated heterocycles. The Morgan fingerprint density at radius 3 is 2.46 bits per heavy atom. The molecule has 3 aromatic rings. The molecule has 8 heteroatoms. The van der Waals surface area contributed by atoms with Gasteiger partial charge >= 0.3 is 0 Å². The minimum atomic E-state index is -0.291. The van der Waals surface area contributed by atoms with Crippen LogP contribution in [0.5, 0.6) is 5.75 Å². The van der Waals surface area contributed by atoms with Crippen molar-refractivity contribution in [2.45, 2.75) is 19.0 Å². The van der Waals surface area contributed by atoms with Gasteiger partial charge in [0.2, 0.25) is 5.91 Å². The summed E-state index contributed by atoms with van der Waals surface area (Å²) in [6.45, 7) is 10.1. The molecule has 0 unspecified atom stereocenters. The van der Waals surface area contributed by atoms with Crippen LogP contribution in [0.2, 0.25) is 10.0 Å². The Morgan fingerprint density at radius 1 is 1.11 bits per heavy atom. The van der Waals surface area contributed by atoms with Crippen LogP contribution in [-0.4, -0.2) is 42.2 Å². The third-order valence-electron chi connectivity index (χ3n) is 6.17. The normalized spacial score (nSPS) is 17.2. The summed E-state index contributed by atoms with van der Waals surface area (Å²) in [6, 6.07) is 19.8. The lowest BCUT2D eigenvalue weighted by molar-refractivity contribution is -0.123. The van der Waals surface area contributed by atoms with Crippen molar-refractivity contribution in [1.82, 2.24) is 4.90 Å². The summed E-state index contributed by atoms with van der Waals surface area (Å²) >= 11 is 12.7. The zero-order valence-electron chi connectivity index (χ0n) is 19.2. The van der Waals surface area contributed by atoms with Crippen molar-refractivity contribution in [1.29, 1.82) is 0 Å². The van der Waals surface area contributed by atoms with E-state index in [1.165, 1.54) is 0 Å². The molecule has 0 spiro atoms. The molecule has 4 rings (SSSR count). The minimum Gasteiger partial charge on any atom is -0.491 e. The van der Waals surface area contributed by atoms with Gasteiger partial charge in [-0.05, 0) is 42.3 Å². The highest BCUT2D eigenvalue weighted by Gasteiger charge is 2.37. The molecule has 0 aliphatic carbocycles. The first-order valence-electron chi connectivity index (χ1n) is 11.2. The van der Waals surface area contributed by atoms with Crippen molar-refractivity contribution in [3.63, 3.8) is 0 Å². The number of aliphatic hydroxyl groups is 1. The van der Waals surface area contributed by atoms with E-state index in [0.717, 1.165) is 11.1 Å². The van der Waals surface area contributed by atoms with Crippen molar-refractivity contribution in [3.05, 3.63) is 99.3 Å². The summed E-state index contributed by atoms with van der Waals surface area (Å²) in [4.78, 5) is 20.9. The highest BCUT2D eigenvalue weighted by Crippen LogP contribution is 2.39. The fraction of sp³-hybridized carbons (Fsp3) is 0.259. The van der Waals surface area contributed by atoms with E-state index in [-0.39, 0.29) is 37.7 Å². The molecule has 0 saturated carbocycles. The fourth-order valence-corrected chi connectivity index (χ4v) is 4.69. The van der Waals surface area contributed by atoms with Crippen LogP contribution in [0.3, 0.4) is 0 Å². The van der Waals surface area contributed by atoms with Gasteiger partial charge in [0.1, 0.15) is 12.4 Å². The van der Waals surface area contributed by atoms with E-state index in [0.29, 0.717) is 33.7 Å². The van der Waals surface area contributed by atoms with Gasteiger partial charge < -0.3 is 14.7 Å². The Kier molecular flexibility index (Phi) is 7.94. The lowest BCUT2D eigenvalue weighted by atomic mass is 9.98. The lowest BCUT2D eigenvalue weighted by Gasteiger charge is -2.44. The Morgan fingerprint density at radius 2 is 1.83 bits per heavy atom. The molecule has 6 nitrogen and oxygen atoms in total. The van der Waals surface area contributed by atoms with Crippen LogP contribution >= 0.6 is 23.2 Å².